The first-order chi connectivity index (χ1) is 10.8. The molecule has 0 radical (unpaired) electrons. The van der Waals surface area contributed by atoms with Crippen LogP contribution in [0.15, 0.2) is 67.0 Å². The lowest BCUT2D eigenvalue weighted by Crippen LogP contribution is -2.28. The first-order valence-electron chi connectivity index (χ1n) is 7.08. The molecular formula is C18H16N2O2. The van der Waals surface area contributed by atoms with E-state index in [4.69, 9.17) is 4.74 Å². The van der Waals surface area contributed by atoms with E-state index in [-0.39, 0.29) is 12.5 Å². The van der Waals surface area contributed by atoms with E-state index in [1.807, 2.05) is 54.6 Å². The van der Waals surface area contributed by atoms with Crippen molar-refractivity contribution in [3.05, 3.63) is 72.6 Å². The Morgan fingerprint density at radius 1 is 1.05 bits per heavy atom. The number of aromatic nitrogens is 1. The SMILES string of the molecule is O=C(COc1ccc2ccccc2c1)NCc1cccnc1. The molecule has 0 atom stereocenters. The van der Waals surface area contributed by atoms with E-state index < -0.39 is 0 Å². The first-order valence-corrected chi connectivity index (χ1v) is 7.08. The van der Waals surface area contributed by atoms with E-state index in [2.05, 4.69) is 10.3 Å². The summed E-state index contributed by atoms with van der Waals surface area (Å²) in [6, 6.07) is 17.6. The van der Waals surface area contributed by atoms with Crippen LogP contribution in [0.2, 0.25) is 0 Å². The second-order valence-corrected chi connectivity index (χ2v) is 4.94. The highest BCUT2D eigenvalue weighted by Gasteiger charge is 2.03. The molecule has 0 spiro atoms. The van der Waals surface area contributed by atoms with Gasteiger partial charge in [0.15, 0.2) is 6.61 Å². The smallest absolute Gasteiger partial charge is 0.258 e. The molecule has 0 bridgehead atoms. The van der Waals surface area contributed by atoms with Gasteiger partial charge in [0.25, 0.3) is 5.91 Å². The zero-order chi connectivity index (χ0) is 15.2. The molecule has 0 aliphatic carbocycles. The molecule has 0 unspecified atom stereocenters. The number of rotatable bonds is 5. The highest BCUT2D eigenvalue weighted by atomic mass is 16.5. The fourth-order valence-electron chi connectivity index (χ4n) is 2.16. The third kappa shape index (κ3) is 3.61. The lowest BCUT2D eigenvalue weighted by atomic mass is 10.1. The number of amides is 1. The van der Waals surface area contributed by atoms with Crippen molar-refractivity contribution in [3.8, 4) is 5.75 Å². The van der Waals surface area contributed by atoms with Gasteiger partial charge in [-0.3, -0.25) is 9.78 Å². The van der Waals surface area contributed by atoms with Crippen LogP contribution in [-0.4, -0.2) is 17.5 Å². The Kier molecular flexibility index (Phi) is 4.30. The monoisotopic (exact) mass is 292 g/mol. The molecule has 4 nitrogen and oxygen atoms in total. The minimum Gasteiger partial charge on any atom is -0.484 e. The molecule has 1 amide bonds. The van der Waals surface area contributed by atoms with Gasteiger partial charge in [0, 0.05) is 18.9 Å². The molecule has 1 aromatic heterocycles. The van der Waals surface area contributed by atoms with Crippen LogP contribution in [0.5, 0.6) is 5.75 Å². The zero-order valence-corrected chi connectivity index (χ0v) is 12.0. The fourth-order valence-corrected chi connectivity index (χ4v) is 2.16. The molecule has 1 heterocycles. The molecule has 4 heteroatoms. The van der Waals surface area contributed by atoms with Crippen LogP contribution in [0, 0.1) is 0 Å². The van der Waals surface area contributed by atoms with Crippen molar-refractivity contribution in [2.24, 2.45) is 0 Å². The normalized spacial score (nSPS) is 10.4. The third-order valence-electron chi connectivity index (χ3n) is 3.30. The topological polar surface area (TPSA) is 51.2 Å². The van der Waals surface area contributed by atoms with Gasteiger partial charge in [-0.1, -0.05) is 36.4 Å². The van der Waals surface area contributed by atoms with Crippen molar-refractivity contribution in [1.82, 2.24) is 10.3 Å². The predicted octanol–water partition coefficient (Wildman–Crippen LogP) is 2.93. The maximum atomic E-state index is 11.8. The summed E-state index contributed by atoms with van der Waals surface area (Å²) in [4.78, 5) is 15.8. The van der Waals surface area contributed by atoms with Crippen LogP contribution in [-0.2, 0) is 11.3 Å². The van der Waals surface area contributed by atoms with Crippen LogP contribution >= 0.6 is 0 Å². The van der Waals surface area contributed by atoms with E-state index in [1.54, 1.807) is 12.4 Å². The molecule has 3 aromatic rings. The van der Waals surface area contributed by atoms with Crippen molar-refractivity contribution >= 4 is 16.7 Å². The standard InChI is InChI=1S/C18H16N2O2/c21-18(20-12-14-4-3-9-19-11-14)13-22-17-8-7-15-5-1-2-6-16(15)10-17/h1-11H,12-13H2,(H,20,21). The highest BCUT2D eigenvalue weighted by Crippen LogP contribution is 2.20. The minimum atomic E-state index is -0.156. The minimum absolute atomic E-state index is 0.00139. The number of nitrogens with one attached hydrogen (secondary N) is 1. The Hall–Kier alpha value is -2.88. The van der Waals surface area contributed by atoms with Crippen molar-refractivity contribution < 1.29 is 9.53 Å². The molecule has 110 valence electrons. The predicted molar refractivity (Wildman–Crippen MR) is 85.5 cm³/mol. The van der Waals surface area contributed by atoms with Gasteiger partial charge in [0.1, 0.15) is 5.75 Å². The summed E-state index contributed by atoms with van der Waals surface area (Å²) in [5.74, 6) is 0.534. The molecule has 0 saturated heterocycles. The summed E-state index contributed by atoms with van der Waals surface area (Å²) in [6.45, 7) is 0.451. The number of hydrogen-bond donors (Lipinski definition) is 1. The van der Waals surface area contributed by atoms with Crippen molar-refractivity contribution in [2.75, 3.05) is 6.61 Å². The van der Waals surface area contributed by atoms with E-state index in [0.717, 1.165) is 16.3 Å². The second kappa shape index (κ2) is 6.72. The van der Waals surface area contributed by atoms with Crippen LogP contribution in [0.1, 0.15) is 5.56 Å². The summed E-state index contributed by atoms with van der Waals surface area (Å²) in [5.41, 5.74) is 0.960. The third-order valence-corrected chi connectivity index (χ3v) is 3.30. The van der Waals surface area contributed by atoms with Gasteiger partial charge < -0.3 is 10.1 Å². The van der Waals surface area contributed by atoms with E-state index in [9.17, 15) is 4.79 Å². The number of ether oxygens (including phenoxy) is 1. The van der Waals surface area contributed by atoms with Crippen molar-refractivity contribution in [1.29, 1.82) is 0 Å². The fraction of sp³-hybridized carbons (Fsp3) is 0.111. The van der Waals surface area contributed by atoms with Crippen molar-refractivity contribution in [2.45, 2.75) is 6.54 Å². The van der Waals surface area contributed by atoms with Gasteiger partial charge in [-0.2, -0.15) is 0 Å². The maximum absolute atomic E-state index is 11.8. The van der Waals surface area contributed by atoms with E-state index >= 15 is 0 Å². The molecule has 1 N–H and O–H groups in total. The summed E-state index contributed by atoms with van der Waals surface area (Å²) >= 11 is 0. The number of carbonyl (C=O) groups excluding carboxylic acids is 1. The number of carbonyl (C=O) groups is 1. The molecule has 0 fully saturated rings. The van der Waals surface area contributed by atoms with Crippen LogP contribution in [0.4, 0.5) is 0 Å². The van der Waals surface area contributed by atoms with Gasteiger partial charge >= 0.3 is 0 Å². The average molecular weight is 292 g/mol. The summed E-state index contributed by atoms with van der Waals surface area (Å²) < 4.78 is 5.54. The molecule has 3 rings (SSSR count). The van der Waals surface area contributed by atoms with Crippen LogP contribution < -0.4 is 10.1 Å². The van der Waals surface area contributed by atoms with Crippen LogP contribution in [0.25, 0.3) is 10.8 Å². The summed E-state index contributed by atoms with van der Waals surface area (Å²) in [5, 5.41) is 5.04. The largest absolute Gasteiger partial charge is 0.484 e. The molecule has 2 aromatic carbocycles. The Morgan fingerprint density at radius 3 is 2.73 bits per heavy atom. The summed E-state index contributed by atoms with van der Waals surface area (Å²) in [7, 11) is 0. The van der Waals surface area contributed by atoms with Gasteiger partial charge in [-0.05, 0) is 34.5 Å². The Morgan fingerprint density at radius 2 is 1.91 bits per heavy atom. The maximum Gasteiger partial charge on any atom is 0.258 e. The number of pyridine rings is 1. The Balaban J connectivity index is 1.53. The van der Waals surface area contributed by atoms with Gasteiger partial charge in [0.05, 0.1) is 0 Å². The first kappa shape index (κ1) is 14.1. The second-order valence-electron chi connectivity index (χ2n) is 4.94. The van der Waals surface area contributed by atoms with Crippen LogP contribution in [0.3, 0.4) is 0 Å². The Labute approximate surface area is 128 Å². The number of nitrogens with zero attached hydrogens (tertiary/aromatic N) is 1. The van der Waals surface area contributed by atoms with E-state index in [0.29, 0.717) is 12.3 Å². The lowest BCUT2D eigenvalue weighted by molar-refractivity contribution is -0.123. The molecule has 0 aliphatic heterocycles. The van der Waals surface area contributed by atoms with E-state index in [1.165, 1.54) is 0 Å². The number of benzene rings is 2. The molecule has 0 aliphatic rings. The Bertz CT molecular complexity index is 772. The van der Waals surface area contributed by atoms with Gasteiger partial charge in [0.2, 0.25) is 0 Å². The average Bonchev–Trinajstić information content (AvgIpc) is 2.59. The lowest BCUT2D eigenvalue weighted by Gasteiger charge is -2.08. The van der Waals surface area contributed by atoms with Gasteiger partial charge in [-0.15, -0.1) is 0 Å². The molecule has 22 heavy (non-hydrogen) atoms. The molecule has 0 saturated carbocycles. The number of hydrogen-bond acceptors (Lipinski definition) is 3. The highest BCUT2D eigenvalue weighted by molar-refractivity contribution is 5.84. The molecular weight excluding hydrogens is 276 g/mol. The van der Waals surface area contributed by atoms with Crippen molar-refractivity contribution in [3.63, 3.8) is 0 Å². The summed E-state index contributed by atoms with van der Waals surface area (Å²) in [6.07, 6.45) is 3.43. The number of fused-ring (bicyclic) bond motifs is 1. The van der Waals surface area contributed by atoms with Gasteiger partial charge in [-0.25, -0.2) is 0 Å². The quantitative estimate of drug-likeness (QED) is 0.786. The zero-order valence-electron chi connectivity index (χ0n) is 12.0.